The van der Waals surface area contributed by atoms with Gasteiger partial charge in [-0.25, -0.2) is 0 Å². The van der Waals surface area contributed by atoms with E-state index in [-0.39, 0.29) is 70.7 Å². The Morgan fingerprint density at radius 2 is 1.67 bits per heavy atom. The highest BCUT2D eigenvalue weighted by molar-refractivity contribution is 6.31. The summed E-state index contributed by atoms with van der Waals surface area (Å²) < 4.78 is 5.27. The fourth-order valence-electron chi connectivity index (χ4n) is 5.62. The number of phenolic OH excluding ortho intramolecular Hbond substituents is 2. The molecule has 0 aromatic heterocycles. The summed E-state index contributed by atoms with van der Waals surface area (Å²) in [6, 6.07) is 4.63. The van der Waals surface area contributed by atoms with Gasteiger partial charge in [-0.1, -0.05) is 12.1 Å². The molecule has 12 nitrogen and oxygen atoms in total. The zero-order valence-electron chi connectivity index (χ0n) is 23.7. The average Bonchev–Trinajstić information content (AvgIpc) is 3.00. The number of rotatable bonds is 13. The van der Waals surface area contributed by atoms with E-state index in [0.717, 1.165) is 19.5 Å². The van der Waals surface area contributed by atoms with Crippen LogP contribution in [0.1, 0.15) is 62.2 Å². The average molecular weight is 581 g/mol. The Labute approximate surface area is 243 Å². The van der Waals surface area contributed by atoms with Gasteiger partial charge >= 0.3 is 0 Å². The van der Waals surface area contributed by atoms with Crippen LogP contribution in [-0.4, -0.2) is 91.8 Å². The number of amides is 3. The van der Waals surface area contributed by atoms with E-state index in [1.807, 2.05) is 7.05 Å². The lowest BCUT2D eigenvalue weighted by molar-refractivity contribution is -0.125. The SMILES string of the molecule is COc1cccc2c1C(=O)c1c(O)c3c(c(O)c1C2=O)CC(C(=O)NCCCN(C)CCCNC(=O)CNC=O)CC3. The van der Waals surface area contributed by atoms with Gasteiger partial charge in [0.1, 0.15) is 17.2 Å². The smallest absolute Gasteiger partial charge is 0.239 e. The van der Waals surface area contributed by atoms with Crippen LogP contribution in [0.3, 0.4) is 0 Å². The van der Waals surface area contributed by atoms with Crippen LogP contribution < -0.4 is 20.7 Å². The molecule has 3 amide bonds. The molecule has 1 atom stereocenters. The predicted octanol–water partition coefficient (Wildman–Crippen LogP) is 0.677. The number of fused-ring (bicyclic) bond motifs is 3. The number of carbonyl (C=O) groups excluding carboxylic acids is 5. The second-order valence-electron chi connectivity index (χ2n) is 10.5. The Morgan fingerprint density at radius 3 is 2.36 bits per heavy atom. The van der Waals surface area contributed by atoms with Crippen molar-refractivity contribution in [1.82, 2.24) is 20.9 Å². The fourth-order valence-corrected chi connectivity index (χ4v) is 5.62. The number of benzene rings is 2. The monoisotopic (exact) mass is 580 g/mol. The highest BCUT2D eigenvalue weighted by Crippen LogP contribution is 2.47. The Bertz CT molecular complexity index is 1410. The fraction of sp³-hybridized carbons (Fsp3) is 0.433. The molecule has 0 radical (unpaired) electrons. The first-order valence-electron chi connectivity index (χ1n) is 14.0. The second kappa shape index (κ2) is 13.5. The number of nitrogens with one attached hydrogen (secondary N) is 3. The topological polar surface area (TPSA) is 174 Å². The van der Waals surface area contributed by atoms with Gasteiger partial charge in [0.15, 0.2) is 5.78 Å². The number of hydrogen-bond acceptors (Lipinski definition) is 9. The number of carbonyl (C=O) groups is 5. The van der Waals surface area contributed by atoms with Crippen LogP contribution in [0.5, 0.6) is 17.2 Å². The molecule has 0 saturated heterocycles. The molecule has 224 valence electrons. The summed E-state index contributed by atoms with van der Waals surface area (Å²) in [5.74, 6) is -2.53. The zero-order chi connectivity index (χ0) is 30.4. The Hall–Kier alpha value is -4.45. The lowest BCUT2D eigenvalue weighted by Gasteiger charge is -2.29. The summed E-state index contributed by atoms with van der Waals surface area (Å²) in [6.45, 7) is 2.39. The van der Waals surface area contributed by atoms with Crippen LogP contribution in [0.4, 0.5) is 0 Å². The van der Waals surface area contributed by atoms with Gasteiger partial charge in [0, 0.05) is 35.7 Å². The van der Waals surface area contributed by atoms with E-state index in [4.69, 9.17) is 4.74 Å². The number of methoxy groups -OCH3 is 1. The minimum absolute atomic E-state index is 0.0451. The Balaban J connectivity index is 1.33. The van der Waals surface area contributed by atoms with Crippen molar-refractivity contribution in [2.45, 2.75) is 32.1 Å². The molecule has 0 saturated carbocycles. The number of nitrogens with zero attached hydrogens (tertiary/aromatic N) is 1. The normalized spacial score (nSPS) is 15.4. The van der Waals surface area contributed by atoms with Gasteiger partial charge < -0.3 is 35.8 Å². The summed E-state index contributed by atoms with van der Waals surface area (Å²) in [4.78, 5) is 63.5. The van der Waals surface area contributed by atoms with Gasteiger partial charge in [-0.15, -0.1) is 0 Å². The molecule has 4 rings (SSSR count). The first-order chi connectivity index (χ1) is 20.2. The van der Waals surface area contributed by atoms with Crippen molar-refractivity contribution in [3.8, 4) is 17.2 Å². The van der Waals surface area contributed by atoms with Gasteiger partial charge in [-0.05, 0) is 58.3 Å². The Morgan fingerprint density at radius 1 is 1.00 bits per heavy atom. The first kappa shape index (κ1) is 30.5. The van der Waals surface area contributed by atoms with Crippen LogP contribution >= 0.6 is 0 Å². The number of ether oxygens (including phenoxy) is 1. The number of hydrogen-bond donors (Lipinski definition) is 5. The summed E-state index contributed by atoms with van der Waals surface area (Å²) >= 11 is 0. The van der Waals surface area contributed by atoms with Crippen LogP contribution in [0.25, 0.3) is 0 Å². The maximum atomic E-state index is 13.4. The lowest BCUT2D eigenvalue weighted by Crippen LogP contribution is -2.36. The van der Waals surface area contributed by atoms with Crippen molar-refractivity contribution in [2.75, 3.05) is 46.9 Å². The molecule has 2 aromatic rings. The summed E-state index contributed by atoms with van der Waals surface area (Å²) in [7, 11) is 3.34. The molecule has 0 aliphatic heterocycles. The van der Waals surface area contributed by atoms with Crippen molar-refractivity contribution in [2.24, 2.45) is 5.92 Å². The van der Waals surface area contributed by atoms with Crippen molar-refractivity contribution in [1.29, 1.82) is 0 Å². The minimum Gasteiger partial charge on any atom is -0.507 e. The molecule has 2 aromatic carbocycles. The third-order valence-corrected chi connectivity index (χ3v) is 7.80. The van der Waals surface area contributed by atoms with Crippen molar-refractivity contribution in [3.63, 3.8) is 0 Å². The second-order valence-corrected chi connectivity index (χ2v) is 10.5. The molecule has 0 fully saturated rings. The molecule has 0 spiro atoms. The maximum Gasteiger partial charge on any atom is 0.239 e. The van der Waals surface area contributed by atoms with Crippen molar-refractivity contribution < 1.29 is 38.9 Å². The summed E-state index contributed by atoms with van der Waals surface area (Å²) in [5.41, 5.74) is 0.386. The number of aromatic hydroxyl groups is 2. The molecular weight excluding hydrogens is 544 g/mol. The van der Waals surface area contributed by atoms with Gasteiger partial charge in [-0.3, -0.25) is 24.0 Å². The first-order valence-corrected chi connectivity index (χ1v) is 14.0. The van der Waals surface area contributed by atoms with Crippen molar-refractivity contribution >= 4 is 29.8 Å². The Kier molecular flexibility index (Phi) is 9.79. The molecule has 0 heterocycles. The highest BCUT2D eigenvalue weighted by Gasteiger charge is 2.41. The minimum atomic E-state index is -0.589. The van der Waals surface area contributed by atoms with E-state index < -0.39 is 17.5 Å². The predicted molar refractivity (Wildman–Crippen MR) is 152 cm³/mol. The largest absolute Gasteiger partial charge is 0.507 e. The molecular formula is C30H36N4O8. The summed E-state index contributed by atoms with van der Waals surface area (Å²) in [5, 5.41) is 30.3. The zero-order valence-corrected chi connectivity index (χ0v) is 23.7. The van der Waals surface area contributed by atoms with E-state index in [1.165, 1.54) is 13.2 Å². The third kappa shape index (κ3) is 6.23. The van der Waals surface area contributed by atoms with E-state index >= 15 is 0 Å². The highest BCUT2D eigenvalue weighted by atomic mass is 16.5. The molecule has 5 N–H and O–H groups in total. The van der Waals surface area contributed by atoms with Crippen LogP contribution in [0.15, 0.2) is 18.2 Å². The summed E-state index contributed by atoms with van der Waals surface area (Å²) in [6.07, 6.45) is 2.74. The maximum absolute atomic E-state index is 13.4. The standard InChI is InChI=1S/C30H36N4O8/c1-34(12-4-10-32-22(36)15-31-16-35)13-5-11-33-30(41)17-8-9-18-20(14-17)28(39)24-25(26(18)37)29(40)23-19(27(24)38)6-3-7-21(23)42-2/h3,6-7,16-17,37,39H,4-5,8-15H2,1-2H3,(H,31,35)(H,32,36)(H,33,41). The van der Waals surface area contributed by atoms with Gasteiger partial charge in [0.2, 0.25) is 24.0 Å². The molecule has 0 bridgehead atoms. The van der Waals surface area contributed by atoms with Crippen molar-refractivity contribution in [3.05, 3.63) is 51.6 Å². The molecule has 2 aliphatic rings. The number of phenols is 2. The molecule has 12 heteroatoms. The quantitative estimate of drug-likeness (QED) is 0.111. The van der Waals surface area contributed by atoms with Gasteiger partial charge in [0.05, 0.1) is 30.3 Å². The molecule has 1 unspecified atom stereocenters. The van der Waals surface area contributed by atoms with Crippen LogP contribution in [0, 0.1) is 5.92 Å². The van der Waals surface area contributed by atoms with E-state index in [2.05, 4.69) is 20.9 Å². The van der Waals surface area contributed by atoms with Crippen LogP contribution in [-0.2, 0) is 27.2 Å². The lowest BCUT2D eigenvalue weighted by atomic mass is 9.75. The van der Waals surface area contributed by atoms with E-state index in [1.54, 1.807) is 12.1 Å². The van der Waals surface area contributed by atoms with Crippen LogP contribution in [0.2, 0.25) is 0 Å². The molecule has 42 heavy (non-hydrogen) atoms. The number of ketones is 2. The third-order valence-electron chi connectivity index (χ3n) is 7.80. The van der Waals surface area contributed by atoms with E-state index in [9.17, 15) is 34.2 Å². The van der Waals surface area contributed by atoms with Gasteiger partial charge in [-0.2, -0.15) is 0 Å². The molecule has 2 aliphatic carbocycles. The van der Waals surface area contributed by atoms with E-state index in [0.29, 0.717) is 43.5 Å². The van der Waals surface area contributed by atoms with Gasteiger partial charge in [0.25, 0.3) is 0 Å².